The normalized spacial score (nSPS) is 20.6. The van der Waals surface area contributed by atoms with Crippen molar-refractivity contribution in [2.75, 3.05) is 33.3 Å². The highest BCUT2D eigenvalue weighted by atomic mass is 16.5. The Morgan fingerprint density at radius 2 is 2.25 bits per heavy atom. The molecule has 2 unspecified atom stereocenters. The van der Waals surface area contributed by atoms with E-state index in [9.17, 15) is 9.59 Å². The molecule has 0 radical (unpaired) electrons. The van der Waals surface area contributed by atoms with Crippen molar-refractivity contribution in [1.82, 2.24) is 10.2 Å². The Balaban J connectivity index is 2.39. The Kier molecular flexibility index (Phi) is 7.54. The monoisotopic (exact) mass is 285 g/mol. The molecule has 0 aromatic carbocycles. The van der Waals surface area contributed by atoms with Crippen LogP contribution in [0.25, 0.3) is 0 Å². The molecule has 116 valence electrons. The van der Waals surface area contributed by atoms with Gasteiger partial charge in [-0.25, -0.2) is 0 Å². The number of carbonyl (C=O) groups is 2. The summed E-state index contributed by atoms with van der Waals surface area (Å²) < 4.78 is 5.14. The largest absolute Gasteiger partial charge is 0.382 e. The number of hydrogen-bond acceptors (Lipinski definition) is 4. The third kappa shape index (κ3) is 5.46. The predicted octanol–water partition coefficient (Wildman–Crippen LogP) is 0.115. The molecule has 1 heterocycles. The number of nitrogens with one attached hydrogen (secondary N) is 1. The predicted molar refractivity (Wildman–Crippen MR) is 77.1 cm³/mol. The summed E-state index contributed by atoms with van der Waals surface area (Å²) in [5.41, 5.74) is 5.37. The first-order valence-electron chi connectivity index (χ1n) is 7.36. The molecule has 2 atom stereocenters. The molecular formula is C14H27N3O3. The van der Waals surface area contributed by atoms with E-state index in [4.69, 9.17) is 10.5 Å². The molecule has 0 aromatic rings. The van der Waals surface area contributed by atoms with Gasteiger partial charge in [0, 0.05) is 39.7 Å². The van der Waals surface area contributed by atoms with E-state index >= 15 is 0 Å². The average Bonchev–Trinajstić information content (AvgIpc) is 2.49. The van der Waals surface area contributed by atoms with E-state index in [1.54, 1.807) is 12.0 Å². The van der Waals surface area contributed by atoms with Gasteiger partial charge in [-0.2, -0.15) is 0 Å². The molecular weight excluding hydrogens is 258 g/mol. The fourth-order valence-corrected chi connectivity index (χ4v) is 2.36. The SMILES string of the molecule is COC(C)CCC(=O)N1CCCC(C(=O)NCCN)C1. The lowest BCUT2D eigenvalue weighted by atomic mass is 9.96. The number of carbonyl (C=O) groups excluding carboxylic acids is 2. The van der Waals surface area contributed by atoms with E-state index < -0.39 is 0 Å². The Labute approximate surface area is 121 Å². The summed E-state index contributed by atoms with van der Waals surface area (Å²) >= 11 is 0. The van der Waals surface area contributed by atoms with Gasteiger partial charge < -0.3 is 20.7 Å². The zero-order valence-electron chi connectivity index (χ0n) is 12.6. The van der Waals surface area contributed by atoms with Crippen LogP contribution in [0.2, 0.25) is 0 Å². The molecule has 1 aliphatic heterocycles. The maximum absolute atomic E-state index is 12.1. The summed E-state index contributed by atoms with van der Waals surface area (Å²) in [5.74, 6) is 0.0301. The van der Waals surface area contributed by atoms with Crippen molar-refractivity contribution >= 4 is 11.8 Å². The highest BCUT2D eigenvalue weighted by molar-refractivity contribution is 5.81. The summed E-state index contributed by atoms with van der Waals surface area (Å²) in [6.45, 7) is 4.16. The van der Waals surface area contributed by atoms with E-state index in [1.165, 1.54) is 0 Å². The van der Waals surface area contributed by atoms with Gasteiger partial charge in [-0.15, -0.1) is 0 Å². The first-order valence-corrected chi connectivity index (χ1v) is 7.36. The van der Waals surface area contributed by atoms with Crippen LogP contribution >= 0.6 is 0 Å². The Morgan fingerprint density at radius 3 is 2.90 bits per heavy atom. The van der Waals surface area contributed by atoms with Gasteiger partial charge in [0.15, 0.2) is 0 Å². The summed E-state index contributed by atoms with van der Waals surface area (Å²) in [5, 5.41) is 2.80. The van der Waals surface area contributed by atoms with Crippen LogP contribution in [0, 0.1) is 5.92 Å². The van der Waals surface area contributed by atoms with Crippen molar-refractivity contribution in [1.29, 1.82) is 0 Å². The zero-order chi connectivity index (χ0) is 15.0. The lowest BCUT2D eigenvalue weighted by Gasteiger charge is -2.32. The van der Waals surface area contributed by atoms with Crippen molar-refractivity contribution < 1.29 is 14.3 Å². The molecule has 2 amide bonds. The third-order valence-electron chi connectivity index (χ3n) is 3.76. The summed E-state index contributed by atoms with van der Waals surface area (Å²) in [6, 6.07) is 0. The first-order chi connectivity index (χ1) is 9.58. The van der Waals surface area contributed by atoms with Crippen LogP contribution in [0.3, 0.4) is 0 Å². The Hall–Kier alpha value is -1.14. The zero-order valence-corrected chi connectivity index (χ0v) is 12.6. The molecule has 1 aliphatic rings. The minimum absolute atomic E-state index is 0.0122. The van der Waals surface area contributed by atoms with Crippen LogP contribution in [0.15, 0.2) is 0 Å². The van der Waals surface area contributed by atoms with E-state index in [1.807, 2.05) is 6.92 Å². The van der Waals surface area contributed by atoms with Gasteiger partial charge in [0.1, 0.15) is 0 Å². The number of piperidine rings is 1. The number of rotatable bonds is 7. The second-order valence-electron chi connectivity index (χ2n) is 5.34. The molecule has 0 aromatic heterocycles. The van der Waals surface area contributed by atoms with Crippen LogP contribution < -0.4 is 11.1 Å². The summed E-state index contributed by atoms with van der Waals surface area (Å²) in [6.07, 6.45) is 3.01. The lowest BCUT2D eigenvalue weighted by Crippen LogP contribution is -2.46. The molecule has 20 heavy (non-hydrogen) atoms. The van der Waals surface area contributed by atoms with Crippen LogP contribution in [0.5, 0.6) is 0 Å². The number of ether oxygens (including phenoxy) is 1. The van der Waals surface area contributed by atoms with Crippen molar-refractivity contribution in [2.45, 2.75) is 38.7 Å². The molecule has 0 aliphatic carbocycles. The van der Waals surface area contributed by atoms with E-state index in [0.717, 1.165) is 25.8 Å². The van der Waals surface area contributed by atoms with E-state index in [0.29, 0.717) is 26.1 Å². The van der Waals surface area contributed by atoms with E-state index in [-0.39, 0.29) is 23.8 Å². The number of amides is 2. The second kappa shape index (κ2) is 8.92. The minimum Gasteiger partial charge on any atom is -0.382 e. The van der Waals surface area contributed by atoms with Crippen molar-refractivity contribution in [2.24, 2.45) is 11.7 Å². The Morgan fingerprint density at radius 1 is 1.50 bits per heavy atom. The number of nitrogens with two attached hydrogens (primary N) is 1. The van der Waals surface area contributed by atoms with Crippen LogP contribution in [0.1, 0.15) is 32.6 Å². The number of likely N-dealkylation sites (tertiary alicyclic amines) is 1. The van der Waals surface area contributed by atoms with Crippen molar-refractivity contribution in [3.8, 4) is 0 Å². The highest BCUT2D eigenvalue weighted by Gasteiger charge is 2.28. The molecule has 3 N–H and O–H groups in total. The van der Waals surface area contributed by atoms with Crippen LogP contribution in [0.4, 0.5) is 0 Å². The summed E-state index contributed by atoms with van der Waals surface area (Å²) in [4.78, 5) is 25.8. The van der Waals surface area contributed by atoms with Gasteiger partial charge in [0.2, 0.25) is 11.8 Å². The molecule has 1 saturated heterocycles. The van der Waals surface area contributed by atoms with Crippen LogP contribution in [-0.2, 0) is 14.3 Å². The topological polar surface area (TPSA) is 84.7 Å². The maximum Gasteiger partial charge on any atom is 0.224 e. The van der Waals surface area contributed by atoms with Gasteiger partial charge in [-0.05, 0) is 26.2 Å². The number of methoxy groups -OCH3 is 1. The molecule has 0 saturated carbocycles. The smallest absolute Gasteiger partial charge is 0.224 e. The van der Waals surface area contributed by atoms with Gasteiger partial charge >= 0.3 is 0 Å². The van der Waals surface area contributed by atoms with Gasteiger partial charge in [-0.3, -0.25) is 9.59 Å². The molecule has 0 bridgehead atoms. The first kappa shape index (κ1) is 16.9. The molecule has 6 heteroatoms. The molecule has 1 fully saturated rings. The maximum atomic E-state index is 12.1. The fraction of sp³-hybridized carbons (Fsp3) is 0.857. The minimum atomic E-state index is -0.0981. The summed E-state index contributed by atoms with van der Waals surface area (Å²) in [7, 11) is 1.65. The quantitative estimate of drug-likeness (QED) is 0.695. The standard InChI is InChI=1S/C14H27N3O3/c1-11(20-2)5-6-13(18)17-9-3-4-12(10-17)14(19)16-8-7-15/h11-12H,3-10,15H2,1-2H3,(H,16,19). The highest BCUT2D eigenvalue weighted by Crippen LogP contribution is 2.18. The fourth-order valence-electron chi connectivity index (χ4n) is 2.36. The van der Waals surface area contributed by atoms with Crippen molar-refractivity contribution in [3.63, 3.8) is 0 Å². The van der Waals surface area contributed by atoms with Crippen molar-refractivity contribution in [3.05, 3.63) is 0 Å². The Bertz CT molecular complexity index is 323. The number of hydrogen-bond donors (Lipinski definition) is 2. The third-order valence-corrected chi connectivity index (χ3v) is 3.76. The number of nitrogens with zero attached hydrogens (tertiary/aromatic N) is 1. The van der Waals surface area contributed by atoms with Gasteiger partial charge in [0.05, 0.1) is 12.0 Å². The molecule has 1 rings (SSSR count). The van der Waals surface area contributed by atoms with Gasteiger partial charge in [0.25, 0.3) is 0 Å². The van der Waals surface area contributed by atoms with E-state index in [2.05, 4.69) is 5.32 Å². The van der Waals surface area contributed by atoms with Crippen LogP contribution in [-0.4, -0.2) is 56.1 Å². The molecule has 0 spiro atoms. The van der Waals surface area contributed by atoms with Gasteiger partial charge in [-0.1, -0.05) is 0 Å². The average molecular weight is 285 g/mol. The molecule has 6 nitrogen and oxygen atoms in total. The second-order valence-corrected chi connectivity index (χ2v) is 5.34. The lowest BCUT2D eigenvalue weighted by molar-refractivity contribution is -0.136.